The van der Waals surface area contributed by atoms with Gasteiger partial charge in [0.15, 0.2) is 17.4 Å². The monoisotopic (exact) mass is 566 g/mol. The van der Waals surface area contributed by atoms with Gasteiger partial charge in [-0.15, -0.1) is 0 Å². The molecule has 3 aromatic rings. The highest BCUT2D eigenvalue weighted by molar-refractivity contribution is 7.45. The van der Waals surface area contributed by atoms with Crippen LogP contribution >= 0.6 is 8.53 Å². The maximum Gasteiger partial charge on any atom is 0.260 e. The third-order valence-corrected chi connectivity index (χ3v) is 9.94. The van der Waals surface area contributed by atoms with Crippen LogP contribution < -0.4 is 4.74 Å². The summed E-state index contributed by atoms with van der Waals surface area (Å²) < 4.78 is 36.3. The first-order chi connectivity index (χ1) is 19.5. The molecule has 0 N–H and O–H groups in total. The molecular formula is C28H35N6O5P. The lowest BCUT2D eigenvalue weighted by Crippen LogP contribution is -2.37. The Morgan fingerprint density at radius 3 is 2.80 bits per heavy atom. The van der Waals surface area contributed by atoms with E-state index in [0.29, 0.717) is 22.9 Å². The van der Waals surface area contributed by atoms with Crippen LogP contribution in [0.15, 0.2) is 36.7 Å². The van der Waals surface area contributed by atoms with E-state index in [1.807, 2.05) is 10.6 Å². The van der Waals surface area contributed by atoms with E-state index >= 15 is 0 Å². The van der Waals surface area contributed by atoms with Gasteiger partial charge in [0.2, 0.25) is 5.88 Å². The molecular weight excluding hydrogens is 531 g/mol. The first-order valence-corrected chi connectivity index (χ1v) is 15.0. The van der Waals surface area contributed by atoms with Crippen molar-refractivity contribution < 1.29 is 23.3 Å². The summed E-state index contributed by atoms with van der Waals surface area (Å²) in [6, 6.07) is 12.8. The topological polar surface area (TPSA) is 117 Å². The van der Waals surface area contributed by atoms with E-state index in [9.17, 15) is 0 Å². The van der Waals surface area contributed by atoms with Gasteiger partial charge in [-0.1, -0.05) is 37.3 Å². The molecule has 0 spiro atoms. The Morgan fingerprint density at radius 1 is 1.23 bits per heavy atom. The molecule has 1 aromatic carbocycles. The average Bonchev–Trinajstić information content (AvgIpc) is 3.73. The number of imidazole rings is 1. The number of methoxy groups -OCH3 is 1. The predicted octanol–water partition coefficient (Wildman–Crippen LogP) is 4.77. The van der Waals surface area contributed by atoms with E-state index in [0.717, 1.165) is 25.8 Å². The molecule has 5 heterocycles. The molecule has 1 unspecified atom stereocenters. The standard InChI is InChI=1S/C28H35N6O5P/c1-5-20-23(38-40-34-15-9-13-21(34)28(3,39-40)19-11-7-6-8-12-19)24(35-4)27(37-20)33-17-30-22-25(33)31-18(2)32-26(22)36-16-10-14-29/h6-8,11-12,17,20-21,23-24,27H,5,9-10,13,15-16H2,1-4H3/t20-,21+,23+,24?,27-,28-,40+/m1/s1. The summed E-state index contributed by atoms with van der Waals surface area (Å²) in [4.78, 5) is 13.6. The summed E-state index contributed by atoms with van der Waals surface area (Å²) in [7, 11) is 0.355. The lowest BCUT2D eigenvalue weighted by atomic mass is 9.87. The highest BCUT2D eigenvalue weighted by Crippen LogP contribution is 2.64. The molecule has 0 radical (unpaired) electrons. The third-order valence-electron chi connectivity index (χ3n) is 8.08. The predicted molar refractivity (Wildman–Crippen MR) is 147 cm³/mol. The second-order valence-corrected chi connectivity index (χ2v) is 11.9. The zero-order valence-corrected chi connectivity index (χ0v) is 24.2. The third kappa shape index (κ3) is 4.67. The van der Waals surface area contributed by atoms with Crippen LogP contribution in [0, 0.1) is 18.3 Å². The lowest BCUT2D eigenvalue weighted by molar-refractivity contribution is -0.0494. The van der Waals surface area contributed by atoms with Crippen molar-refractivity contribution in [1.82, 2.24) is 24.2 Å². The van der Waals surface area contributed by atoms with Gasteiger partial charge in [-0.05, 0) is 38.7 Å². The van der Waals surface area contributed by atoms with Crippen molar-refractivity contribution in [1.29, 1.82) is 5.26 Å². The lowest BCUT2D eigenvalue weighted by Gasteiger charge is -2.29. The molecule has 0 amide bonds. The van der Waals surface area contributed by atoms with E-state index in [-0.39, 0.29) is 31.3 Å². The molecule has 6 rings (SSSR count). The molecule has 212 valence electrons. The Labute approximate surface area is 235 Å². The summed E-state index contributed by atoms with van der Waals surface area (Å²) in [6.45, 7) is 7.25. The number of fused-ring (bicyclic) bond motifs is 2. The minimum Gasteiger partial charge on any atom is -0.475 e. The highest BCUT2D eigenvalue weighted by atomic mass is 31.2. The largest absolute Gasteiger partial charge is 0.475 e. The fourth-order valence-electron chi connectivity index (χ4n) is 6.10. The minimum absolute atomic E-state index is 0.211. The van der Waals surface area contributed by atoms with Gasteiger partial charge in [0.1, 0.15) is 30.2 Å². The first-order valence-electron chi connectivity index (χ1n) is 13.9. The molecule has 2 aromatic heterocycles. The van der Waals surface area contributed by atoms with Gasteiger partial charge in [-0.2, -0.15) is 10.2 Å². The molecule has 3 aliphatic heterocycles. The molecule has 11 nitrogen and oxygen atoms in total. The molecule has 3 fully saturated rings. The van der Waals surface area contributed by atoms with Crippen LogP contribution in [0.5, 0.6) is 5.88 Å². The number of hydrogen-bond acceptors (Lipinski definition) is 10. The van der Waals surface area contributed by atoms with Crippen LogP contribution in [0.4, 0.5) is 0 Å². The summed E-state index contributed by atoms with van der Waals surface area (Å²) in [6.07, 6.45) is 3.37. The Kier molecular flexibility index (Phi) is 7.75. The smallest absolute Gasteiger partial charge is 0.260 e. The van der Waals surface area contributed by atoms with Crippen molar-refractivity contribution >= 4 is 19.7 Å². The molecule has 3 aliphatic rings. The van der Waals surface area contributed by atoms with Gasteiger partial charge >= 0.3 is 0 Å². The quantitative estimate of drug-likeness (QED) is 0.265. The van der Waals surface area contributed by atoms with Gasteiger partial charge in [0.05, 0.1) is 31.0 Å². The van der Waals surface area contributed by atoms with Crippen LogP contribution in [-0.4, -0.2) is 68.8 Å². The second kappa shape index (κ2) is 11.3. The van der Waals surface area contributed by atoms with Crippen LogP contribution in [-0.2, 0) is 24.1 Å². The fraction of sp³-hybridized carbons (Fsp3) is 0.571. The Balaban J connectivity index is 1.28. The average molecular weight is 567 g/mol. The summed E-state index contributed by atoms with van der Waals surface area (Å²) in [5.74, 6) is 0.891. The van der Waals surface area contributed by atoms with Crippen molar-refractivity contribution in [2.75, 3.05) is 20.3 Å². The van der Waals surface area contributed by atoms with E-state index in [1.54, 1.807) is 20.4 Å². The van der Waals surface area contributed by atoms with Crippen molar-refractivity contribution in [2.45, 2.75) is 82.6 Å². The van der Waals surface area contributed by atoms with Gasteiger partial charge in [0, 0.05) is 13.7 Å². The Morgan fingerprint density at radius 2 is 2.05 bits per heavy atom. The molecule has 12 heteroatoms. The van der Waals surface area contributed by atoms with Gasteiger partial charge < -0.3 is 23.3 Å². The summed E-state index contributed by atoms with van der Waals surface area (Å²) >= 11 is 0. The number of rotatable bonds is 9. The second-order valence-electron chi connectivity index (χ2n) is 10.5. The number of hydrogen-bond donors (Lipinski definition) is 0. The number of aromatic nitrogens is 4. The summed E-state index contributed by atoms with van der Waals surface area (Å²) in [5, 5.41) is 8.89. The number of ether oxygens (including phenoxy) is 3. The van der Waals surface area contributed by atoms with Gasteiger partial charge in [-0.3, -0.25) is 4.57 Å². The number of nitrogens with zero attached hydrogens (tertiary/aromatic N) is 6. The Bertz CT molecular complexity index is 1380. The molecule has 3 saturated heterocycles. The van der Waals surface area contributed by atoms with Crippen molar-refractivity contribution in [3.05, 3.63) is 48.0 Å². The molecule has 40 heavy (non-hydrogen) atoms. The zero-order chi connectivity index (χ0) is 27.9. The van der Waals surface area contributed by atoms with Crippen LogP contribution in [0.2, 0.25) is 0 Å². The van der Waals surface area contributed by atoms with Gasteiger partial charge in [-0.25, -0.2) is 14.6 Å². The molecule has 0 aliphatic carbocycles. The van der Waals surface area contributed by atoms with Crippen LogP contribution in [0.1, 0.15) is 57.1 Å². The first kappa shape index (κ1) is 27.5. The Hall–Kier alpha value is -2.71. The molecule has 0 bridgehead atoms. The maximum atomic E-state index is 8.89. The van der Waals surface area contributed by atoms with Crippen LogP contribution in [0.25, 0.3) is 11.2 Å². The number of nitriles is 1. The maximum absolute atomic E-state index is 8.89. The summed E-state index contributed by atoms with van der Waals surface area (Å²) in [5.41, 5.74) is 1.83. The zero-order valence-electron chi connectivity index (χ0n) is 23.3. The minimum atomic E-state index is -1.33. The van der Waals surface area contributed by atoms with Crippen molar-refractivity contribution in [3.63, 3.8) is 0 Å². The normalized spacial score (nSPS) is 32.0. The van der Waals surface area contributed by atoms with E-state index in [1.165, 1.54) is 5.56 Å². The van der Waals surface area contributed by atoms with E-state index in [2.05, 4.69) is 63.8 Å². The van der Waals surface area contributed by atoms with Crippen molar-refractivity contribution in [3.8, 4) is 11.9 Å². The number of aryl methyl sites for hydroxylation is 1. The van der Waals surface area contributed by atoms with E-state index < -0.39 is 26.5 Å². The molecule has 7 atom stereocenters. The highest BCUT2D eigenvalue weighted by Gasteiger charge is 2.57. The molecule has 0 saturated carbocycles. The SMILES string of the molecule is CC[C@H]1O[C@@H](n2cnc3c(OCCC#N)nc(C)nc32)C(OC)[C@H]1O[P@@]1O[C@](C)(c2ccccc2)[C@@H]2CCCN21. The van der Waals surface area contributed by atoms with Gasteiger partial charge in [0.25, 0.3) is 8.53 Å². The number of benzene rings is 1. The van der Waals surface area contributed by atoms with Crippen molar-refractivity contribution in [2.24, 2.45) is 0 Å². The van der Waals surface area contributed by atoms with E-state index in [4.69, 9.17) is 28.5 Å². The van der Waals surface area contributed by atoms with Crippen LogP contribution in [0.3, 0.4) is 0 Å². The fourth-order valence-corrected chi connectivity index (χ4v) is 8.25.